The first-order valence-electron chi connectivity index (χ1n) is 10.6. The molecule has 34 heavy (non-hydrogen) atoms. The summed E-state index contributed by atoms with van der Waals surface area (Å²) in [5.41, 5.74) is 4.51. The van der Waals surface area contributed by atoms with E-state index in [1.807, 2.05) is 49.5 Å². The Kier molecular flexibility index (Phi) is 4.69. The van der Waals surface area contributed by atoms with Crippen molar-refractivity contribution < 1.29 is 14.3 Å². The molecule has 10 nitrogen and oxygen atoms in total. The van der Waals surface area contributed by atoms with Crippen LogP contribution in [0.1, 0.15) is 11.4 Å². The second kappa shape index (κ2) is 8.00. The van der Waals surface area contributed by atoms with Crippen LogP contribution in [0, 0.1) is 6.92 Å². The largest absolute Gasteiger partial charge is 0.454 e. The Balaban J connectivity index is 1.32. The summed E-state index contributed by atoms with van der Waals surface area (Å²) in [4.78, 5) is 21.6. The van der Waals surface area contributed by atoms with Gasteiger partial charge in [0.25, 0.3) is 0 Å². The average Bonchev–Trinajstić information content (AvgIpc) is 3.57. The summed E-state index contributed by atoms with van der Waals surface area (Å²) >= 11 is 0. The van der Waals surface area contributed by atoms with Crippen molar-refractivity contribution in [1.29, 1.82) is 0 Å². The van der Waals surface area contributed by atoms with Crippen molar-refractivity contribution in [3.05, 3.63) is 78.5 Å². The molecule has 6 rings (SSSR count). The number of rotatable bonds is 5. The number of pyridine rings is 2. The third-order valence-electron chi connectivity index (χ3n) is 5.42. The molecule has 1 aliphatic heterocycles. The van der Waals surface area contributed by atoms with Crippen LogP contribution in [0.15, 0.2) is 67.1 Å². The monoisotopic (exact) mass is 453 g/mol. The fourth-order valence-electron chi connectivity index (χ4n) is 3.86. The summed E-state index contributed by atoms with van der Waals surface area (Å²) < 4.78 is 14.1. The lowest BCUT2D eigenvalue weighted by Gasteiger charge is -2.07. The highest BCUT2D eigenvalue weighted by atomic mass is 16.7. The van der Waals surface area contributed by atoms with Crippen LogP contribution in [-0.4, -0.2) is 42.1 Å². The van der Waals surface area contributed by atoms with E-state index in [-0.39, 0.29) is 19.1 Å². The molecule has 4 aromatic heterocycles. The van der Waals surface area contributed by atoms with Gasteiger partial charge in [0.15, 0.2) is 23.0 Å². The molecule has 10 heteroatoms. The Bertz CT molecular complexity index is 1540. The van der Waals surface area contributed by atoms with Gasteiger partial charge < -0.3 is 14.8 Å². The number of fused-ring (bicyclic) bond motifs is 2. The van der Waals surface area contributed by atoms with Crippen LogP contribution in [0.3, 0.4) is 0 Å². The fraction of sp³-hybridized carbons (Fsp3) is 0.125. The van der Waals surface area contributed by atoms with Gasteiger partial charge >= 0.3 is 0 Å². The molecule has 0 unspecified atom stereocenters. The quantitative estimate of drug-likeness (QED) is 0.435. The van der Waals surface area contributed by atoms with Gasteiger partial charge in [-0.2, -0.15) is 10.2 Å². The van der Waals surface area contributed by atoms with Crippen molar-refractivity contribution >= 4 is 17.2 Å². The van der Waals surface area contributed by atoms with Crippen LogP contribution in [0.25, 0.3) is 22.7 Å². The molecule has 1 aromatic carbocycles. The number of aromatic nitrogens is 6. The molecule has 1 aliphatic rings. The highest BCUT2D eigenvalue weighted by molar-refractivity contribution is 5.92. The topological polar surface area (TPSA) is 108 Å². The van der Waals surface area contributed by atoms with E-state index in [9.17, 15) is 4.79 Å². The molecular weight excluding hydrogens is 434 g/mol. The van der Waals surface area contributed by atoms with Gasteiger partial charge in [-0.15, -0.1) is 0 Å². The maximum absolute atomic E-state index is 12.8. The SMILES string of the molecule is Cc1cccc(-n2nc(CC(=O)Nc3ccc4c(c3)OCO4)cc2-c2ccc3ncnn3c2)n1. The zero-order valence-corrected chi connectivity index (χ0v) is 18.2. The summed E-state index contributed by atoms with van der Waals surface area (Å²) in [5.74, 6) is 1.74. The van der Waals surface area contributed by atoms with Crippen molar-refractivity contribution in [1.82, 2.24) is 29.4 Å². The predicted octanol–water partition coefficient (Wildman–Crippen LogP) is 3.20. The summed E-state index contributed by atoms with van der Waals surface area (Å²) in [6.45, 7) is 2.11. The molecule has 1 amide bonds. The zero-order chi connectivity index (χ0) is 23.1. The third-order valence-corrected chi connectivity index (χ3v) is 5.42. The number of amides is 1. The first-order chi connectivity index (χ1) is 16.6. The number of nitrogens with one attached hydrogen (secondary N) is 1. The molecule has 1 N–H and O–H groups in total. The molecule has 0 bridgehead atoms. The zero-order valence-electron chi connectivity index (χ0n) is 18.2. The Morgan fingerprint density at radius 1 is 1.09 bits per heavy atom. The van der Waals surface area contributed by atoms with Crippen LogP contribution < -0.4 is 14.8 Å². The van der Waals surface area contributed by atoms with Crippen LogP contribution in [0.2, 0.25) is 0 Å². The number of hydrogen-bond donors (Lipinski definition) is 1. The van der Waals surface area contributed by atoms with Gasteiger partial charge in [-0.25, -0.2) is 19.2 Å². The lowest BCUT2D eigenvalue weighted by atomic mass is 10.1. The lowest BCUT2D eigenvalue weighted by Crippen LogP contribution is -2.15. The van der Waals surface area contributed by atoms with Crippen molar-refractivity contribution in [2.75, 3.05) is 12.1 Å². The van der Waals surface area contributed by atoms with E-state index in [2.05, 4.69) is 20.4 Å². The minimum absolute atomic E-state index is 0.0891. The average molecular weight is 453 g/mol. The number of nitrogens with zero attached hydrogens (tertiary/aromatic N) is 6. The van der Waals surface area contributed by atoms with Crippen LogP contribution in [0.5, 0.6) is 11.5 Å². The fourth-order valence-corrected chi connectivity index (χ4v) is 3.86. The number of anilines is 1. The van der Waals surface area contributed by atoms with Gasteiger partial charge in [0, 0.05) is 29.2 Å². The molecule has 0 saturated carbocycles. The minimum atomic E-state index is -0.195. The summed E-state index contributed by atoms with van der Waals surface area (Å²) in [6, 6.07) is 16.8. The molecule has 5 heterocycles. The van der Waals surface area contributed by atoms with Gasteiger partial charge in [0.2, 0.25) is 12.7 Å². The second-order valence-corrected chi connectivity index (χ2v) is 7.84. The number of hydrogen-bond acceptors (Lipinski definition) is 7. The van der Waals surface area contributed by atoms with E-state index in [0.29, 0.717) is 28.7 Å². The van der Waals surface area contributed by atoms with Gasteiger partial charge in [0.05, 0.1) is 17.8 Å². The van der Waals surface area contributed by atoms with Gasteiger partial charge in [0.1, 0.15) is 6.33 Å². The first kappa shape index (κ1) is 19.9. The summed E-state index contributed by atoms with van der Waals surface area (Å²) in [6.07, 6.45) is 3.47. The third kappa shape index (κ3) is 3.71. The molecule has 0 fully saturated rings. The maximum atomic E-state index is 12.8. The highest BCUT2D eigenvalue weighted by Gasteiger charge is 2.18. The second-order valence-electron chi connectivity index (χ2n) is 7.84. The van der Waals surface area contributed by atoms with E-state index in [1.165, 1.54) is 6.33 Å². The normalized spacial score (nSPS) is 12.3. The smallest absolute Gasteiger partial charge is 0.231 e. The molecular formula is C24H19N7O3. The Morgan fingerprint density at radius 3 is 2.91 bits per heavy atom. The van der Waals surface area contributed by atoms with E-state index in [0.717, 1.165) is 22.6 Å². The first-order valence-corrected chi connectivity index (χ1v) is 10.6. The standard InChI is InChI=1S/C24H19N7O3/c1-15-3-2-4-23(27-15)31-19(16-5-8-22-25-13-26-30(22)12-16)9-18(29-31)11-24(32)28-17-6-7-20-21(10-17)34-14-33-20/h2-10,12-13H,11,14H2,1H3,(H,28,32). The number of carbonyl (C=O) groups is 1. The molecule has 5 aromatic rings. The van der Waals surface area contributed by atoms with Gasteiger partial charge in [-0.3, -0.25) is 4.79 Å². The maximum Gasteiger partial charge on any atom is 0.231 e. The molecule has 0 spiro atoms. The van der Waals surface area contributed by atoms with E-state index in [4.69, 9.17) is 14.6 Å². The van der Waals surface area contributed by atoms with E-state index >= 15 is 0 Å². The number of aryl methyl sites for hydroxylation is 1. The van der Waals surface area contributed by atoms with Crippen molar-refractivity contribution in [2.24, 2.45) is 0 Å². The van der Waals surface area contributed by atoms with Crippen LogP contribution >= 0.6 is 0 Å². The van der Waals surface area contributed by atoms with Crippen molar-refractivity contribution in [2.45, 2.75) is 13.3 Å². The summed E-state index contributed by atoms with van der Waals surface area (Å²) in [5, 5.41) is 11.8. The predicted molar refractivity (Wildman–Crippen MR) is 123 cm³/mol. The highest BCUT2D eigenvalue weighted by Crippen LogP contribution is 2.34. The van der Waals surface area contributed by atoms with E-state index < -0.39 is 0 Å². The molecule has 0 saturated heterocycles. The van der Waals surface area contributed by atoms with E-state index in [1.54, 1.807) is 27.4 Å². The number of ether oxygens (including phenoxy) is 2. The minimum Gasteiger partial charge on any atom is -0.454 e. The Morgan fingerprint density at radius 2 is 2.00 bits per heavy atom. The number of benzene rings is 1. The number of carbonyl (C=O) groups excluding carboxylic acids is 1. The van der Waals surface area contributed by atoms with Crippen molar-refractivity contribution in [3.8, 4) is 28.6 Å². The van der Waals surface area contributed by atoms with Crippen molar-refractivity contribution in [3.63, 3.8) is 0 Å². The molecule has 0 radical (unpaired) electrons. The van der Waals surface area contributed by atoms with Gasteiger partial charge in [-0.1, -0.05) is 6.07 Å². The molecule has 0 atom stereocenters. The lowest BCUT2D eigenvalue weighted by molar-refractivity contribution is -0.115. The molecule has 168 valence electrons. The Labute approximate surface area is 193 Å². The Hall–Kier alpha value is -4.73. The van der Waals surface area contributed by atoms with Crippen LogP contribution in [-0.2, 0) is 11.2 Å². The summed E-state index contributed by atoms with van der Waals surface area (Å²) in [7, 11) is 0. The molecule has 0 aliphatic carbocycles. The van der Waals surface area contributed by atoms with Crippen LogP contribution in [0.4, 0.5) is 5.69 Å². The van der Waals surface area contributed by atoms with Gasteiger partial charge in [-0.05, 0) is 49.4 Å².